The van der Waals surface area contributed by atoms with Crippen LogP contribution in [-0.4, -0.2) is 43.7 Å². The highest BCUT2D eigenvalue weighted by Gasteiger charge is 2.17. The second-order valence-electron chi connectivity index (χ2n) is 3.71. The molecule has 0 amide bonds. The van der Waals surface area contributed by atoms with E-state index in [0.29, 0.717) is 18.7 Å². The molecule has 0 spiro atoms. The molecule has 0 aliphatic heterocycles. The summed E-state index contributed by atoms with van der Waals surface area (Å²) in [4.78, 5) is 24.3. The molecule has 1 heterocycles. The van der Waals surface area contributed by atoms with Gasteiger partial charge >= 0.3 is 11.8 Å². The van der Waals surface area contributed by atoms with Crippen LogP contribution in [0.5, 0.6) is 0 Å². The molecule has 0 saturated carbocycles. The van der Waals surface area contributed by atoms with Crippen LogP contribution in [0.2, 0.25) is 0 Å². The van der Waals surface area contributed by atoms with Gasteiger partial charge in [0.1, 0.15) is 0 Å². The second kappa shape index (κ2) is 6.78. The highest BCUT2D eigenvalue weighted by molar-refractivity contribution is 7.84. The van der Waals surface area contributed by atoms with Crippen LogP contribution in [0.4, 0.5) is 11.5 Å². The first-order chi connectivity index (χ1) is 8.91. The Kier molecular flexibility index (Phi) is 5.37. The van der Waals surface area contributed by atoms with E-state index in [1.165, 1.54) is 0 Å². The molecule has 0 aliphatic rings. The molecule has 0 aromatic carbocycles. The smallest absolute Gasteiger partial charge is 0.364 e. The maximum Gasteiger partial charge on any atom is 0.364 e. The van der Waals surface area contributed by atoms with E-state index in [1.807, 2.05) is 0 Å². The summed E-state index contributed by atoms with van der Waals surface area (Å²) in [6.07, 6.45) is 3.29. The molecular weight excluding hydrogens is 274 g/mol. The van der Waals surface area contributed by atoms with E-state index in [4.69, 9.17) is 5.11 Å². The van der Waals surface area contributed by atoms with E-state index in [1.54, 1.807) is 6.26 Å². The zero-order valence-electron chi connectivity index (χ0n) is 10.2. The standard InChI is InChI=1S/C10H13N3O5S/c1-19(18)4-2-3-11-8-6-12-9(13(16)17)5-7(8)10(14)15/h5-6,11H,2-4H2,1H3,(H,14,15). The lowest BCUT2D eigenvalue weighted by molar-refractivity contribution is -0.389. The number of hydrogen-bond acceptors (Lipinski definition) is 6. The quantitative estimate of drug-likeness (QED) is 0.433. The fraction of sp³-hybridized carbons (Fsp3) is 0.400. The molecule has 19 heavy (non-hydrogen) atoms. The van der Waals surface area contributed by atoms with Crippen molar-refractivity contribution >= 4 is 28.3 Å². The minimum atomic E-state index is -1.27. The summed E-state index contributed by atoms with van der Waals surface area (Å²) in [6.45, 7) is 0.416. The molecular formula is C10H13N3O5S. The van der Waals surface area contributed by atoms with Crippen LogP contribution in [-0.2, 0) is 10.8 Å². The zero-order chi connectivity index (χ0) is 14.4. The number of hydrogen-bond donors (Lipinski definition) is 2. The molecule has 1 unspecified atom stereocenters. The average Bonchev–Trinajstić information content (AvgIpc) is 2.34. The fourth-order valence-electron chi connectivity index (χ4n) is 1.36. The minimum absolute atomic E-state index is 0.208. The predicted molar refractivity (Wildman–Crippen MR) is 69.9 cm³/mol. The first-order valence-electron chi connectivity index (χ1n) is 5.33. The SMILES string of the molecule is CS(=O)CCCNc1cnc([N+](=O)[O-])cc1C(=O)O. The Labute approximate surface area is 111 Å². The largest absolute Gasteiger partial charge is 0.478 e. The molecule has 2 N–H and O–H groups in total. The van der Waals surface area contributed by atoms with Crippen LogP contribution >= 0.6 is 0 Å². The number of nitro groups is 1. The van der Waals surface area contributed by atoms with E-state index in [-0.39, 0.29) is 11.3 Å². The molecule has 0 fully saturated rings. The first-order valence-corrected chi connectivity index (χ1v) is 7.06. The van der Waals surface area contributed by atoms with Gasteiger partial charge in [0, 0.05) is 29.4 Å². The van der Waals surface area contributed by atoms with Gasteiger partial charge < -0.3 is 20.5 Å². The van der Waals surface area contributed by atoms with Gasteiger partial charge in [-0.05, 0) is 16.3 Å². The second-order valence-corrected chi connectivity index (χ2v) is 5.26. The van der Waals surface area contributed by atoms with E-state index in [2.05, 4.69) is 10.3 Å². The van der Waals surface area contributed by atoms with Crippen LogP contribution < -0.4 is 5.32 Å². The van der Waals surface area contributed by atoms with Gasteiger partial charge in [0.15, 0.2) is 6.20 Å². The van der Waals surface area contributed by atoms with Crippen LogP contribution in [0.25, 0.3) is 0 Å². The zero-order valence-corrected chi connectivity index (χ0v) is 11.0. The molecule has 1 rings (SSSR count). The van der Waals surface area contributed by atoms with Gasteiger partial charge in [0.2, 0.25) is 0 Å². The highest BCUT2D eigenvalue weighted by atomic mass is 32.2. The lowest BCUT2D eigenvalue weighted by atomic mass is 10.2. The summed E-state index contributed by atoms with van der Waals surface area (Å²) < 4.78 is 10.9. The van der Waals surface area contributed by atoms with Crippen LogP contribution in [0.1, 0.15) is 16.8 Å². The third-order valence-electron chi connectivity index (χ3n) is 2.23. The number of aromatic carboxylic acids is 1. The van der Waals surface area contributed by atoms with Gasteiger partial charge in [-0.15, -0.1) is 0 Å². The lowest BCUT2D eigenvalue weighted by Crippen LogP contribution is -2.11. The monoisotopic (exact) mass is 287 g/mol. The van der Waals surface area contributed by atoms with Crippen LogP contribution in [0.3, 0.4) is 0 Å². The van der Waals surface area contributed by atoms with Crippen molar-refractivity contribution in [3.05, 3.63) is 27.9 Å². The van der Waals surface area contributed by atoms with Crippen molar-refractivity contribution in [2.24, 2.45) is 0 Å². The first kappa shape index (κ1) is 15.0. The van der Waals surface area contributed by atoms with Crippen molar-refractivity contribution in [2.75, 3.05) is 23.9 Å². The number of aromatic nitrogens is 1. The van der Waals surface area contributed by atoms with Crippen molar-refractivity contribution in [2.45, 2.75) is 6.42 Å². The maximum absolute atomic E-state index is 11.0. The van der Waals surface area contributed by atoms with Gasteiger partial charge in [-0.3, -0.25) is 4.21 Å². The number of rotatable bonds is 7. The number of carboxylic acid groups (broad SMARTS) is 1. The fourth-order valence-corrected chi connectivity index (χ4v) is 1.91. The van der Waals surface area contributed by atoms with E-state index in [0.717, 1.165) is 12.3 Å². The summed E-state index contributed by atoms with van der Waals surface area (Å²) >= 11 is 0. The minimum Gasteiger partial charge on any atom is -0.478 e. The van der Waals surface area contributed by atoms with Crippen molar-refractivity contribution < 1.29 is 19.0 Å². The topological polar surface area (TPSA) is 122 Å². The number of anilines is 1. The van der Waals surface area contributed by atoms with Gasteiger partial charge in [-0.1, -0.05) is 0 Å². The van der Waals surface area contributed by atoms with Crippen molar-refractivity contribution in [1.29, 1.82) is 0 Å². The Morgan fingerprint density at radius 3 is 2.84 bits per heavy atom. The normalized spacial score (nSPS) is 11.8. The summed E-state index contributed by atoms with van der Waals surface area (Å²) in [5, 5.41) is 22.3. The summed E-state index contributed by atoms with van der Waals surface area (Å²) in [6, 6.07) is 0.905. The van der Waals surface area contributed by atoms with Crippen molar-refractivity contribution in [1.82, 2.24) is 4.98 Å². The Balaban J connectivity index is 2.79. The molecule has 8 nitrogen and oxygen atoms in total. The number of nitrogens with zero attached hydrogens (tertiary/aromatic N) is 2. The number of nitrogens with one attached hydrogen (secondary N) is 1. The summed E-state index contributed by atoms with van der Waals surface area (Å²) in [5.41, 5.74) is -0.000642. The van der Waals surface area contributed by atoms with Crippen molar-refractivity contribution in [3.63, 3.8) is 0 Å². The number of carbonyl (C=O) groups is 1. The Morgan fingerprint density at radius 1 is 1.63 bits per heavy atom. The molecule has 0 aliphatic carbocycles. The molecule has 1 aromatic rings. The number of carboxylic acids is 1. The van der Waals surface area contributed by atoms with Gasteiger partial charge in [0.05, 0.1) is 17.3 Å². The molecule has 0 radical (unpaired) electrons. The molecule has 1 aromatic heterocycles. The third kappa shape index (κ3) is 4.62. The van der Waals surface area contributed by atoms with Gasteiger partial charge in [-0.2, -0.15) is 0 Å². The molecule has 0 saturated heterocycles. The van der Waals surface area contributed by atoms with Crippen molar-refractivity contribution in [3.8, 4) is 0 Å². The Morgan fingerprint density at radius 2 is 2.32 bits per heavy atom. The lowest BCUT2D eigenvalue weighted by Gasteiger charge is -2.07. The molecule has 104 valence electrons. The Bertz CT molecular complexity index is 520. The maximum atomic E-state index is 11.0. The average molecular weight is 287 g/mol. The molecule has 0 bridgehead atoms. The van der Waals surface area contributed by atoms with E-state index >= 15 is 0 Å². The van der Waals surface area contributed by atoms with Crippen LogP contribution in [0.15, 0.2) is 12.3 Å². The number of pyridine rings is 1. The van der Waals surface area contributed by atoms with E-state index < -0.39 is 27.5 Å². The van der Waals surface area contributed by atoms with Crippen LogP contribution in [0, 0.1) is 10.1 Å². The Hall–Kier alpha value is -2.03. The highest BCUT2D eigenvalue weighted by Crippen LogP contribution is 2.19. The third-order valence-corrected chi connectivity index (χ3v) is 3.09. The van der Waals surface area contributed by atoms with E-state index in [9.17, 15) is 19.1 Å². The summed E-state index contributed by atoms with van der Waals surface area (Å²) in [7, 11) is -0.909. The van der Waals surface area contributed by atoms with Gasteiger partial charge in [-0.25, -0.2) is 4.79 Å². The predicted octanol–water partition coefficient (Wildman–Crippen LogP) is 0.869. The molecule has 1 atom stereocenters. The summed E-state index contributed by atoms with van der Waals surface area (Å²) in [5.74, 6) is -1.29. The molecule has 9 heteroatoms. The van der Waals surface area contributed by atoms with Gasteiger partial charge in [0.25, 0.3) is 0 Å².